The van der Waals surface area contributed by atoms with Crippen LogP contribution in [0.15, 0.2) is 41.5 Å². The van der Waals surface area contributed by atoms with E-state index in [0.717, 1.165) is 5.56 Å². The highest BCUT2D eigenvalue weighted by Crippen LogP contribution is 2.32. The minimum atomic E-state index is -0.345. The number of carbonyl (C=O) groups is 1. The molecule has 1 aliphatic heterocycles. The van der Waals surface area contributed by atoms with E-state index in [0.29, 0.717) is 32.8 Å². The van der Waals surface area contributed by atoms with Gasteiger partial charge in [0.15, 0.2) is 11.5 Å². The van der Waals surface area contributed by atoms with Crippen LogP contribution in [0.1, 0.15) is 22.8 Å². The second-order valence-electron chi connectivity index (χ2n) is 4.84. The van der Waals surface area contributed by atoms with Crippen molar-refractivity contribution in [3.8, 4) is 11.5 Å². The SMILES string of the molecule is CC(=NNC(=O)c1ccc2c(c1)OCO2)c1ccc(Cl)c(Cl)c1. The lowest BCUT2D eigenvalue weighted by Crippen LogP contribution is -2.19. The van der Waals surface area contributed by atoms with Crippen LogP contribution in [0.2, 0.25) is 10.0 Å². The summed E-state index contributed by atoms with van der Waals surface area (Å²) in [6.45, 7) is 1.93. The van der Waals surface area contributed by atoms with Gasteiger partial charge >= 0.3 is 0 Å². The van der Waals surface area contributed by atoms with Gasteiger partial charge in [0.1, 0.15) is 0 Å². The standard InChI is InChI=1S/C16H12Cl2N2O3/c1-9(10-2-4-12(17)13(18)6-10)19-20-16(21)11-3-5-14-15(7-11)23-8-22-14/h2-7H,8H2,1H3,(H,20,21). The van der Waals surface area contributed by atoms with Gasteiger partial charge in [-0.1, -0.05) is 29.3 Å². The van der Waals surface area contributed by atoms with E-state index in [9.17, 15) is 4.79 Å². The minimum Gasteiger partial charge on any atom is -0.454 e. The first-order chi connectivity index (χ1) is 11.0. The molecule has 0 aliphatic carbocycles. The van der Waals surface area contributed by atoms with E-state index in [2.05, 4.69) is 10.5 Å². The van der Waals surface area contributed by atoms with E-state index >= 15 is 0 Å². The Hall–Kier alpha value is -2.24. The van der Waals surface area contributed by atoms with Crippen molar-refractivity contribution in [3.63, 3.8) is 0 Å². The van der Waals surface area contributed by atoms with Crippen LogP contribution < -0.4 is 14.9 Å². The van der Waals surface area contributed by atoms with Crippen molar-refractivity contribution in [1.29, 1.82) is 0 Å². The zero-order chi connectivity index (χ0) is 16.4. The third-order valence-corrected chi connectivity index (χ3v) is 4.04. The zero-order valence-electron chi connectivity index (χ0n) is 12.1. The average Bonchev–Trinajstić information content (AvgIpc) is 3.02. The zero-order valence-corrected chi connectivity index (χ0v) is 13.6. The predicted octanol–water partition coefficient (Wildman–Crippen LogP) is 3.88. The van der Waals surface area contributed by atoms with Crippen LogP contribution in [0, 0.1) is 0 Å². The van der Waals surface area contributed by atoms with Gasteiger partial charge in [0.25, 0.3) is 5.91 Å². The van der Waals surface area contributed by atoms with Gasteiger partial charge in [0.05, 0.1) is 15.8 Å². The van der Waals surface area contributed by atoms with E-state index in [1.807, 2.05) is 0 Å². The summed E-state index contributed by atoms with van der Waals surface area (Å²) in [4.78, 5) is 12.1. The van der Waals surface area contributed by atoms with E-state index in [1.54, 1.807) is 43.3 Å². The normalized spacial score (nSPS) is 13.1. The van der Waals surface area contributed by atoms with Crippen molar-refractivity contribution in [2.24, 2.45) is 5.10 Å². The maximum Gasteiger partial charge on any atom is 0.271 e. The van der Waals surface area contributed by atoms with Crippen molar-refractivity contribution in [2.75, 3.05) is 6.79 Å². The Labute approximate surface area is 142 Å². The van der Waals surface area contributed by atoms with E-state index < -0.39 is 0 Å². The largest absolute Gasteiger partial charge is 0.454 e. The fourth-order valence-corrected chi connectivity index (χ4v) is 2.32. The second kappa shape index (κ2) is 6.48. The van der Waals surface area contributed by atoms with E-state index in [-0.39, 0.29) is 12.7 Å². The lowest BCUT2D eigenvalue weighted by molar-refractivity contribution is 0.0954. The van der Waals surface area contributed by atoms with Crippen molar-refractivity contribution in [2.45, 2.75) is 6.92 Å². The molecular weight excluding hydrogens is 339 g/mol. The number of halogens is 2. The molecule has 0 bridgehead atoms. The lowest BCUT2D eigenvalue weighted by atomic mass is 10.1. The average molecular weight is 351 g/mol. The number of hydrogen-bond acceptors (Lipinski definition) is 4. The van der Waals surface area contributed by atoms with E-state index in [4.69, 9.17) is 32.7 Å². The van der Waals surface area contributed by atoms with Gasteiger partial charge in [-0.15, -0.1) is 0 Å². The number of nitrogens with one attached hydrogen (secondary N) is 1. The molecule has 118 valence electrons. The van der Waals surface area contributed by atoms with Crippen molar-refractivity contribution < 1.29 is 14.3 Å². The summed E-state index contributed by atoms with van der Waals surface area (Å²) in [5, 5.41) is 4.98. The first-order valence-corrected chi connectivity index (χ1v) is 7.50. The number of nitrogens with zero attached hydrogens (tertiary/aromatic N) is 1. The molecule has 0 radical (unpaired) electrons. The number of rotatable bonds is 3. The Balaban J connectivity index is 1.73. The lowest BCUT2D eigenvalue weighted by Gasteiger charge is -2.05. The molecule has 0 fully saturated rings. The highest BCUT2D eigenvalue weighted by Gasteiger charge is 2.16. The number of benzene rings is 2. The van der Waals surface area contributed by atoms with Gasteiger partial charge in [0.2, 0.25) is 6.79 Å². The first kappa shape index (κ1) is 15.6. The van der Waals surface area contributed by atoms with Crippen molar-refractivity contribution >= 4 is 34.8 Å². The van der Waals surface area contributed by atoms with Gasteiger partial charge < -0.3 is 9.47 Å². The Morgan fingerprint density at radius 2 is 1.78 bits per heavy atom. The predicted molar refractivity (Wildman–Crippen MR) is 88.7 cm³/mol. The Morgan fingerprint density at radius 1 is 1.04 bits per heavy atom. The van der Waals surface area contributed by atoms with Crippen LogP contribution in [0.4, 0.5) is 0 Å². The van der Waals surface area contributed by atoms with Crippen LogP contribution in [0.25, 0.3) is 0 Å². The molecular formula is C16H12Cl2N2O3. The number of fused-ring (bicyclic) bond motifs is 1. The van der Waals surface area contributed by atoms with Gasteiger partial charge in [-0.3, -0.25) is 4.79 Å². The Kier molecular flexibility index (Phi) is 4.41. The molecule has 0 atom stereocenters. The molecule has 1 heterocycles. The molecule has 1 amide bonds. The molecule has 0 aromatic heterocycles. The van der Waals surface area contributed by atoms with Crippen LogP contribution >= 0.6 is 23.2 Å². The molecule has 1 aliphatic rings. The fourth-order valence-electron chi connectivity index (χ4n) is 2.02. The molecule has 3 rings (SSSR count). The van der Waals surface area contributed by atoms with E-state index in [1.165, 1.54) is 0 Å². The third kappa shape index (κ3) is 3.41. The Morgan fingerprint density at radius 3 is 2.57 bits per heavy atom. The molecule has 0 unspecified atom stereocenters. The number of carbonyl (C=O) groups excluding carboxylic acids is 1. The topological polar surface area (TPSA) is 59.9 Å². The number of amides is 1. The van der Waals surface area contributed by atoms with Crippen molar-refractivity contribution in [3.05, 3.63) is 57.6 Å². The highest BCUT2D eigenvalue weighted by molar-refractivity contribution is 6.42. The molecule has 0 saturated heterocycles. The van der Waals surface area contributed by atoms with Gasteiger partial charge in [-0.2, -0.15) is 5.10 Å². The number of ether oxygens (including phenoxy) is 2. The monoisotopic (exact) mass is 350 g/mol. The van der Waals surface area contributed by atoms with Crippen LogP contribution in [0.3, 0.4) is 0 Å². The van der Waals surface area contributed by atoms with Gasteiger partial charge in [-0.25, -0.2) is 5.43 Å². The molecule has 23 heavy (non-hydrogen) atoms. The summed E-state index contributed by atoms with van der Waals surface area (Å²) >= 11 is 11.8. The van der Waals surface area contributed by atoms with Crippen molar-refractivity contribution in [1.82, 2.24) is 5.43 Å². The Bertz CT molecular complexity index is 806. The quantitative estimate of drug-likeness (QED) is 0.674. The second-order valence-corrected chi connectivity index (χ2v) is 5.65. The smallest absolute Gasteiger partial charge is 0.271 e. The number of hydrazone groups is 1. The third-order valence-electron chi connectivity index (χ3n) is 3.30. The summed E-state index contributed by atoms with van der Waals surface area (Å²) in [5.41, 5.74) is 4.31. The van der Waals surface area contributed by atoms with Crippen LogP contribution in [-0.4, -0.2) is 18.4 Å². The number of hydrogen-bond donors (Lipinski definition) is 1. The minimum absolute atomic E-state index is 0.162. The molecule has 5 nitrogen and oxygen atoms in total. The molecule has 0 spiro atoms. The maximum atomic E-state index is 12.1. The molecule has 7 heteroatoms. The molecule has 0 saturated carbocycles. The first-order valence-electron chi connectivity index (χ1n) is 6.74. The van der Waals surface area contributed by atoms with Gasteiger partial charge in [0, 0.05) is 5.56 Å². The molecule has 2 aromatic carbocycles. The summed E-state index contributed by atoms with van der Waals surface area (Å²) in [6.07, 6.45) is 0. The summed E-state index contributed by atoms with van der Waals surface area (Å²) in [5.74, 6) is 0.822. The molecule has 1 N–H and O–H groups in total. The van der Waals surface area contributed by atoms with Crippen LogP contribution in [-0.2, 0) is 0 Å². The molecule has 2 aromatic rings. The van der Waals surface area contributed by atoms with Gasteiger partial charge in [-0.05, 0) is 42.8 Å². The summed E-state index contributed by atoms with van der Waals surface area (Å²) in [7, 11) is 0. The fraction of sp³-hybridized carbons (Fsp3) is 0.125. The summed E-state index contributed by atoms with van der Waals surface area (Å²) in [6, 6.07) is 10.1. The van der Waals surface area contributed by atoms with Crippen LogP contribution in [0.5, 0.6) is 11.5 Å². The summed E-state index contributed by atoms with van der Waals surface area (Å²) < 4.78 is 10.4. The maximum absolute atomic E-state index is 12.1. The highest BCUT2D eigenvalue weighted by atomic mass is 35.5.